The molecule has 1 atom stereocenters. The summed E-state index contributed by atoms with van der Waals surface area (Å²) in [6.07, 6.45) is 0. The average molecular weight is 456 g/mol. The van der Waals surface area contributed by atoms with Crippen LogP contribution in [0.2, 0.25) is 0 Å². The molecule has 31 heavy (non-hydrogen) atoms. The van der Waals surface area contributed by atoms with Gasteiger partial charge in [-0.05, 0) is 60.9 Å². The Morgan fingerprint density at radius 3 is 2.39 bits per heavy atom. The third-order valence-electron chi connectivity index (χ3n) is 5.58. The van der Waals surface area contributed by atoms with Crippen LogP contribution in [0, 0.1) is 13.8 Å². The molecule has 0 aliphatic carbocycles. The maximum absolute atomic E-state index is 13.1. The smallest absolute Gasteiger partial charge is 0.238 e. The van der Waals surface area contributed by atoms with Crippen LogP contribution >= 0.6 is 0 Å². The Labute approximate surface area is 185 Å². The van der Waals surface area contributed by atoms with Crippen molar-refractivity contribution < 1.29 is 12.6 Å². The highest BCUT2D eigenvalue weighted by Crippen LogP contribution is 2.44. The number of nitrogens with two attached hydrogens (primary N) is 1. The first-order valence-corrected chi connectivity index (χ1v) is 12.7. The molecule has 0 fully saturated rings. The minimum absolute atomic E-state index is 0.108. The summed E-state index contributed by atoms with van der Waals surface area (Å²) in [5.41, 5.74) is 5.28. The van der Waals surface area contributed by atoms with Crippen molar-refractivity contribution in [2.24, 2.45) is 5.14 Å². The van der Waals surface area contributed by atoms with E-state index in [0.29, 0.717) is 19.6 Å². The van der Waals surface area contributed by atoms with E-state index in [0.717, 1.165) is 32.3 Å². The van der Waals surface area contributed by atoms with Gasteiger partial charge in [-0.15, -0.1) is 0 Å². The third-order valence-corrected chi connectivity index (χ3v) is 7.99. The molecule has 3 N–H and O–H groups in total. The molecule has 0 spiro atoms. The van der Waals surface area contributed by atoms with Gasteiger partial charge in [-0.25, -0.2) is 17.8 Å². The fourth-order valence-corrected chi connectivity index (χ4v) is 5.74. The van der Waals surface area contributed by atoms with Crippen molar-refractivity contribution in [2.45, 2.75) is 35.1 Å². The van der Waals surface area contributed by atoms with Gasteiger partial charge >= 0.3 is 0 Å². The van der Waals surface area contributed by atoms with E-state index in [1.54, 1.807) is 12.1 Å². The van der Waals surface area contributed by atoms with E-state index in [2.05, 4.69) is 24.1 Å². The van der Waals surface area contributed by atoms with Gasteiger partial charge in [0.05, 0.1) is 36.9 Å². The predicted octanol–water partition coefficient (Wildman–Crippen LogP) is 3.36. The number of nitrogens with zero attached hydrogens (tertiary/aromatic N) is 1. The van der Waals surface area contributed by atoms with Crippen molar-refractivity contribution in [1.82, 2.24) is 5.32 Å². The van der Waals surface area contributed by atoms with Gasteiger partial charge in [0.2, 0.25) is 10.0 Å². The van der Waals surface area contributed by atoms with Crippen LogP contribution in [0.5, 0.6) is 0 Å². The summed E-state index contributed by atoms with van der Waals surface area (Å²) in [4.78, 5) is 4.03. The summed E-state index contributed by atoms with van der Waals surface area (Å²) >= 11 is 0. The number of fused-ring (bicyclic) bond motifs is 2. The van der Waals surface area contributed by atoms with Gasteiger partial charge in [-0.3, -0.25) is 0 Å². The predicted molar refractivity (Wildman–Crippen MR) is 124 cm³/mol. The number of rotatable bonds is 6. The first-order valence-electron chi connectivity index (χ1n) is 9.98. The molecule has 1 unspecified atom stereocenters. The molecule has 1 aliphatic rings. The lowest BCUT2D eigenvalue weighted by Crippen LogP contribution is -2.32. The van der Waals surface area contributed by atoms with Gasteiger partial charge in [0.25, 0.3) is 0 Å². The largest absolute Gasteiger partial charge is 0.338 e. The number of aryl methyl sites for hydroxylation is 1. The molecule has 3 aromatic carbocycles. The Bertz CT molecular complexity index is 1260. The molecule has 1 aliphatic heterocycles. The number of primary sulfonamides is 1. The van der Waals surface area contributed by atoms with Crippen molar-refractivity contribution in [3.63, 3.8) is 0 Å². The van der Waals surface area contributed by atoms with Crippen molar-refractivity contribution in [3.05, 3.63) is 77.4 Å². The minimum Gasteiger partial charge on any atom is -0.338 e. The highest BCUT2D eigenvalue weighted by molar-refractivity contribution is 7.89. The quantitative estimate of drug-likeness (QED) is 0.556. The van der Waals surface area contributed by atoms with E-state index >= 15 is 0 Å². The number of anilines is 2. The van der Waals surface area contributed by atoms with Crippen molar-refractivity contribution in [1.29, 1.82) is 0 Å². The molecule has 3 aromatic rings. The van der Waals surface area contributed by atoms with Gasteiger partial charge in [-0.2, -0.15) is 0 Å². The number of hydrogen-bond acceptors (Lipinski definition) is 5. The molecule has 0 radical (unpaired) electrons. The minimum atomic E-state index is -3.68. The molecule has 0 bridgehead atoms. The zero-order valence-corrected chi connectivity index (χ0v) is 19.1. The third kappa shape index (κ3) is 4.29. The SMILES string of the molecule is Cc1ccc2c(c1C)N(CCNCc1ccc(S(N)(=O)=O)cc1)c1ccccc1S2=O. The van der Waals surface area contributed by atoms with Crippen LogP contribution in [-0.4, -0.2) is 25.7 Å². The molecule has 1 heterocycles. The number of hydrogen-bond donors (Lipinski definition) is 2. The van der Waals surface area contributed by atoms with Crippen LogP contribution in [0.25, 0.3) is 0 Å². The Kier molecular flexibility index (Phi) is 5.98. The maximum atomic E-state index is 13.1. The summed E-state index contributed by atoms with van der Waals surface area (Å²) in [6.45, 7) is 6.16. The molecule has 0 saturated heterocycles. The van der Waals surface area contributed by atoms with Crippen LogP contribution in [-0.2, 0) is 27.4 Å². The van der Waals surface area contributed by atoms with E-state index in [-0.39, 0.29) is 4.90 Å². The molecule has 4 rings (SSSR count). The van der Waals surface area contributed by atoms with E-state index < -0.39 is 20.8 Å². The molecular formula is C23H25N3O3S2. The number of benzene rings is 3. The van der Waals surface area contributed by atoms with Crippen LogP contribution in [0.1, 0.15) is 16.7 Å². The highest BCUT2D eigenvalue weighted by atomic mass is 32.2. The van der Waals surface area contributed by atoms with Crippen LogP contribution in [0.3, 0.4) is 0 Å². The second-order valence-electron chi connectivity index (χ2n) is 7.61. The van der Waals surface area contributed by atoms with Gasteiger partial charge in [0.1, 0.15) is 0 Å². The van der Waals surface area contributed by atoms with Gasteiger partial charge < -0.3 is 10.2 Å². The fourth-order valence-electron chi connectivity index (χ4n) is 3.79. The zero-order chi connectivity index (χ0) is 22.2. The normalized spacial score (nSPS) is 15.5. The summed E-state index contributed by atoms with van der Waals surface area (Å²) in [5, 5.41) is 8.57. The Balaban J connectivity index is 1.52. The Hall–Kier alpha value is -2.52. The number of para-hydroxylation sites is 1. The molecule has 0 aromatic heterocycles. The van der Waals surface area contributed by atoms with Gasteiger partial charge in [0.15, 0.2) is 0 Å². The van der Waals surface area contributed by atoms with Crippen LogP contribution in [0.4, 0.5) is 11.4 Å². The van der Waals surface area contributed by atoms with Crippen molar-refractivity contribution in [2.75, 3.05) is 18.0 Å². The highest BCUT2D eigenvalue weighted by Gasteiger charge is 2.29. The van der Waals surface area contributed by atoms with Crippen LogP contribution in [0.15, 0.2) is 75.4 Å². The maximum Gasteiger partial charge on any atom is 0.238 e. The lowest BCUT2D eigenvalue weighted by atomic mass is 10.1. The summed E-state index contributed by atoms with van der Waals surface area (Å²) < 4.78 is 35.9. The zero-order valence-electron chi connectivity index (χ0n) is 17.5. The first-order chi connectivity index (χ1) is 14.8. The second kappa shape index (κ2) is 8.55. The molecule has 0 saturated carbocycles. The van der Waals surface area contributed by atoms with E-state index in [4.69, 9.17) is 5.14 Å². The van der Waals surface area contributed by atoms with Crippen molar-refractivity contribution in [3.8, 4) is 0 Å². The van der Waals surface area contributed by atoms with E-state index in [9.17, 15) is 12.6 Å². The number of sulfonamides is 1. The number of nitrogens with one attached hydrogen (secondary N) is 1. The van der Waals surface area contributed by atoms with E-state index in [1.165, 1.54) is 17.7 Å². The van der Waals surface area contributed by atoms with Gasteiger partial charge in [-0.1, -0.05) is 30.3 Å². The topological polar surface area (TPSA) is 92.5 Å². The molecule has 162 valence electrons. The van der Waals surface area contributed by atoms with Crippen LogP contribution < -0.4 is 15.4 Å². The summed E-state index contributed by atoms with van der Waals surface area (Å²) in [7, 11) is -4.88. The molecular weight excluding hydrogens is 430 g/mol. The standard InChI is InChI=1S/C23H25N3O3S2/c1-16-7-12-22-23(17(16)2)26(20-5-3-4-6-21(20)30(22)27)14-13-25-15-18-8-10-19(11-9-18)31(24,28)29/h3-12,25H,13-15H2,1-2H3,(H2,24,28,29). The van der Waals surface area contributed by atoms with Crippen molar-refractivity contribution >= 4 is 32.2 Å². The summed E-state index contributed by atoms with van der Waals surface area (Å²) in [5.74, 6) is 0. The lowest BCUT2D eigenvalue weighted by Gasteiger charge is -2.34. The first kappa shape index (κ1) is 21.7. The average Bonchev–Trinajstić information content (AvgIpc) is 2.75. The molecule has 6 nitrogen and oxygen atoms in total. The second-order valence-corrected chi connectivity index (χ2v) is 10.6. The summed E-state index contributed by atoms with van der Waals surface area (Å²) in [6, 6.07) is 18.4. The molecule has 8 heteroatoms. The monoisotopic (exact) mass is 455 g/mol. The fraction of sp³-hybridized carbons (Fsp3) is 0.217. The molecule has 0 amide bonds. The lowest BCUT2D eigenvalue weighted by molar-refractivity contribution is 0.597. The van der Waals surface area contributed by atoms with Gasteiger partial charge in [0, 0.05) is 19.6 Å². The Morgan fingerprint density at radius 2 is 1.68 bits per heavy atom. The Morgan fingerprint density at radius 1 is 0.968 bits per heavy atom. The van der Waals surface area contributed by atoms with E-state index in [1.807, 2.05) is 36.4 Å².